The minimum Gasteiger partial charge on any atom is -0.339 e. The summed E-state index contributed by atoms with van der Waals surface area (Å²) in [6, 6.07) is 4.47. The quantitative estimate of drug-likeness (QED) is 0.632. The normalized spacial score (nSPS) is 14.8. The molecule has 128 valence electrons. The summed E-state index contributed by atoms with van der Waals surface area (Å²) in [6.45, 7) is 4.42. The van der Waals surface area contributed by atoms with Crippen LogP contribution in [0.1, 0.15) is 23.2 Å². The number of nitrogens with one attached hydrogen (secondary N) is 2. The molecular weight excluding hydrogens is 353 g/mol. The van der Waals surface area contributed by atoms with Crippen molar-refractivity contribution < 1.29 is 14.4 Å². The largest absolute Gasteiger partial charge is 0.339 e. The van der Waals surface area contributed by atoms with Crippen molar-refractivity contribution in [1.29, 1.82) is 0 Å². The van der Waals surface area contributed by atoms with Crippen LogP contribution in [0.15, 0.2) is 30.9 Å². The predicted octanol–water partition coefficient (Wildman–Crippen LogP) is 2.18. The standard InChI is InChI=1S/C16H17Cl2N3O3/c1-2-14(22)21-7-5-10(6-8-21)15(23)19-20-16(24)12-4-3-11(17)9-13(12)18/h2-4,9-10H,1,5-8H2,(H,19,23)(H,20,24). The number of amides is 3. The molecular formula is C16H17Cl2N3O3. The Morgan fingerprint density at radius 2 is 1.83 bits per heavy atom. The Bertz CT molecular complexity index is 671. The summed E-state index contributed by atoms with van der Waals surface area (Å²) in [5, 5.41) is 0.618. The van der Waals surface area contributed by atoms with Gasteiger partial charge in [0.05, 0.1) is 10.6 Å². The number of hydrazine groups is 1. The summed E-state index contributed by atoms with van der Waals surface area (Å²) in [5.41, 5.74) is 4.95. The maximum atomic E-state index is 12.1. The predicted molar refractivity (Wildman–Crippen MR) is 91.6 cm³/mol. The van der Waals surface area contributed by atoms with Gasteiger partial charge in [0.1, 0.15) is 0 Å². The van der Waals surface area contributed by atoms with Crippen LogP contribution in [0.4, 0.5) is 0 Å². The Morgan fingerprint density at radius 1 is 1.17 bits per heavy atom. The number of carbonyl (C=O) groups excluding carboxylic acids is 3. The van der Waals surface area contributed by atoms with Gasteiger partial charge in [-0.2, -0.15) is 0 Å². The van der Waals surface area contributed by atoms with Gasteiger partial charge in [0.2, 0.25) is 11.8 Å². The Morgan fingerprint density at radius 3 is 2.42 bits per heavy atom. The van der Waals surface area contributed by atoms with Gasteiger partial charge in [0.25, 0.3) is 5.91 Å². The molecule has 0 spiro atoms. The van der Waals surface area contributed by atoms with E-state index >= 15 is 0 Å². The zero-order chi connectivity index (χ0) is 17.7. The molecule has 0 bridgehead atoms. The molecule has 1 aliphatic heterocycles. The maximum Gasteiger partial charge on any atom is 0.271 e. The van der Waals surface area contributed by atoms with Crippen molar-refractivity contribution >= 4 is 40.9 Å². The second-order valence-corrected chi connectivity index (χ2v) is 6.21. The van der Waals surface area contributed by atoms with Crippen molar-refractivity contribution in [2.45, 2.75) is 12.8 Å². The van der Waals surface area contributed by atoms with Gasteiger partial charge in [-0.05, 0) is 37.1 Å². The van der Waals surface area contributed by atoms with Gasteiger partial charge in [-0.15, -0.1) is 0 Å². The molecule has 0 atom stereocenters. The highest BCUT2D eigenvalue weighted by Crippen LogP contribution is 2.21. The second kappa shape index (κ2) is 8.17. The molecule has 1 fully saturated rings. The highest BCUT2D eigenvalue weighted by molar-refractivity contribution is 6.36. The maximum absolute atomic E-state index is 12.1. The number of likely N-dealkylation sites (tertiary alicyclic amines) is 1. The Kier molecular flexibility index (Phi) is 6.23. The number of carbonyl (C=O) groups is 3. The summed E-state index contributed by atoms with van der Waals surface area (Å²) in [5.74, 6) is -1.22. The lowest BCUT2D eigenvalue weighted by atomic mass is 9.96. The lowest BCUT2D eigenvalue weighted by molar-refractivity contribution is -0.132. The smallest absolute Gasteiger partial charge is 0.271 e. The third-order valence-electron chi connectivity index (χ3n) is 3.83. The molecule has 1 aliphatic rings. The monoisotopic (exact) mass is 369 g/mol. The molecule has 1 heterocycles. The van der Waals surface area contributed by atoms with E-state index in [9.17, 15) is 14.4 Å². The molecule has 0 aromatic heterocycles. The number of benzene rings is 1. The third kappa shape index (κ3) is 4.49. The molecule has 2 N–H and O–H groups in total. The zero-order valence-electron chi connectivity index (χ0n) is 12.9. The van der Waals surface area contributed by atoms with E-state index in [4.69, 9.17) is 23.2 Å². The molecule has 8 heteroatoms. The molecule has 0 aliphatic carbocycles. The number of hydrogen-bond donors (Lipinski definition) is 2. The average Bonchev–Trinajstić information content (AvgIpc) is 2.58. The van der Waals surface area contributed by atoms with Gasteiger partial charge < -0.3 is 4.90 Å². The van der Waals surface area contributed by atoms with Gasteiger partial charge in [-0.1, -0.05) is 29.8 Å². The molecule has 0 radical (unpaired) electrons. The molecule has 3 amide bonds. The SMILES string of the molecule is C=CC(=O)N1CCC(C(=O)NNC(=O)c2ccc(Cl)cc2Cl)CC1. The van der Waals surface area contributed by atoms with Crippen LogP contribution in [0, 0.1) is 5.92 Å². The topological polar surface area (TPSA) is 78.5 Å². The fourth-order valence-corrected chi connectivity index (χ4v) is 2.95. The summed E-state index contributed by atoms with van der Waals surface area (Å²) in [4.78, 5) is 37.3. The van der Waals surface area contributed by atoms with E-state index in [2.05, 4.69) is 17.4 Å². The van der Waals surface area contributed by atoms with E-state index in [0.29, 0.717) is 31.0 Å². The van der Waals surface area contributed by atoms with Gasteiger partial charge in [0.15, 0.2) is 0 Å². The summed E-state index contributed by atoms with van der Waals surface area (Å²) in [6.07, 6.45) is 2.32. The number of nitrogens with zero attached hydrogens (tertiary/aromatic N) is 1. The van der Waals surface area contributed by atoms with Crippen LogP contribution in [-0.4, -0.2) is 35.7 Å². The van der Waals surface area contributed by atoms with Crippen LogP contribution >= 0.6 is 23.2 Å². The number of hydrogen-bond acceptors (Lipinski definition) is 3. The molecule has 6 nitrogen and oxygen atoms in total. The Labute approximate surface area is 149 Å². The number of piperidine rings is 1. The van der Waals surface area contributed by atoms with Crippen molar-refractivity contribution in [3.8, 4) is 0 Å². The lowest BCUT2D eigenvalue weighted by Gasteiger charge is -2.30. The van der Waals surface area contributed by atoms with E-state index in [1.54, 1.807) is 4.90 Å². The van der Waals surface area contributed by atoms with Crippen molar-refractivity contribution in [3.63, 3.8) is 0 Å². The second-order valence-electron chi connectivity index (χ2n) is 5.37. The lowest BCUT2D eigenvalue weighted by Crippen LogP contribution is -2.48. The highest BCUT2D eigenvalue weighted by atomic mass is 35.5. The molecule has 0 unspecified atom stereocenters. The number of rotatable bonds is 3. The van der Waals surface area contributed by atoms with Crippen molar-refractivity contribution in [2.24, 2.45) is 5.92 Å². The molecule has 2 rings (SSSR count). The van der Waals surface area contributed by atoms with E-state index in [0.717, 1.165) is 0 Å². The molecule has 1 aromatic rings. The minimum atomic E-state index is -0.524. The summed E-state index contributed by atoms with van der Waals surface area (Å²) in [7, 11) is 0. The van der Waals surface area contributed by atoms with E-state index in [1.807, 2.05) is 0 Å². The van der Waals surface area contributed by atoms with Gasteiger partial charge in [-0.3, -0.25) is 25.2 Å². The van der Waals surface area contributed by atoms with Gasteiger partial charge in [0, 0.05) is 24.0 Å². The summed E-state index contributed by atoms with van der Waals surface area (Å²) >= 11 is 11.7. The molecule has 1 saturated heterocycles. The fourth-order valence-electron chi connectivity index (χ4n) is 2.45. The Hall–Kier alpha value is -2.05. The Balaban J connectivity index is 1.84. The van der Waals surface area contributed by atoms with Crippen LogP contribution in [-0.2, 0) is 9.59 Å². The minimum absolute atomic E-state index is 0.139. The van der Waals surface area contributed by atoms with Crippen molar-refractivity contribution in [1.82, 2.24) is 15.8 Å². The van der Waals surface area contributed by atoms with E-state index in [1.165, 1.54) is 24.3 Å². The fraction of sp³-hybridized carbons (Fsp3) is 0.312. The van der Waals surface area contributed by atoms with Crippen LogP contribution in [0.2, 0.25) is 10.0 Å². The van der Waals surface area contributed by atoms with Gasteiger partial charge >= 0.3 is 0 Å². The summed E-state index contributed by atoms with van der Waals surface area (Å²) < 4.78 is 0. The molecule has 1 aromatic carbocycles. The van der Waals surface area contributed by atoms with Gasteiger partial charge in [-0.25, -0.2) is 0 Å². The third-order valence-corrected chi connectivity index (χ3v) is 4.37. The first-order valence-corrected chi connectivity index (χ1v) is 8.14. The number of halogens is 2. The highest BCUT2D eigenvalue weighted by Gasteiger charge is 2.26. The first-order chi connectivity index (χ1) is 11.4. The zero-order valence-corrected chi connectivity index (χ0v) is 14.4. The van der Waals surface area contributed by atoms with Crippen molar-refractivity contribution in [3.05, 3.63) is 46.5 Å². The van der Waals surface area contributed by atoms with Crippen LogP contribution in [0.5, 0.6) is 0 Å². The van der Waals surface area contributed by atoms with Crippen molar-refractivity contribution in [2.75, 3.05) is 13.1 Å². The first kappa shape index (κ1) is 18.3. The van der Waals surface area contributed by atoms with Crippen LogP contribution in [0.25, 0.3) is 0 Å². The van der Waals surface area contributed by atoms with Crippen LogP contribution < -0.4 is 10.9 Å². The van der Waals surface area contributed by atoms with Crippen LogP contribution in [0.3, 0.4) is 0 Å². The average molecular weight is 370 g/mol. The first-order valence-electron chi connectivity index (χ1n) is 7.39. The van der Waals surface area contributed by atoms with E-state index < -0.39 is 5.91 Å². The molecule has 24 heavy (non-hydrogen) atoms. The molecule has 0 saturated carbocycles. The van der Waals surface area contributed by atoms with E-state index in [-0.39, 0.29) is 28.3 Å².